The smallest absolute Gasteiger partial charge is 0.217 e. The van der Waals surface area contributed by atoms with Gasteiger partial charge in [0.15, 0.2) is 5.82 Å². The molecule has 0 atom stereocenters. The van der Waals surface area contributed by atoms with Crippen molar-refractivity contribution < 1.29 is 9.84 Å². The quantitative estimate of drug-likeness (QED) is 0.285. The van der Waals surface area contributed by atoms with Crippen LogP contribution in [0.25, 0.3) is 50.1 Å². The molecule has 2 heterocycles. The molecule has 0 spiro atoms. The normalized spacial score (nSPS) is 11.4. The van der Waals surface area contributed by atoms with Crippen molar-refractivity contribution in [3.05, 3.63) is 103 Å². The number of hydrogen-bond donors (Lipinski definition) is 1. The summed E-state index contributed by atoms with van der Waals surface area (Å²) in [6, 6.07) is 34.1. The number of hydrogen-bond acceptors (Lipinski definition) is 4. The van der Waals surface area contributed by atoms with E-state index >= 15 is 0 Å². The number of aromatic nitrogens is 3. The first-order valence-corrected chi connectivity index (χ1v) is 12.0. The molecule has 0 saturated heterocycles. The predicted molar refractivity (Wildman–Crippen MR) is 145 cm³/mol. The fourth-order valence-electron chi connectivity index (χ4n) is 4.72. The third-order valence-electron chi connectivity index (χ3n) is 6.19. The molecule has 4 aromatic carbocycles. The van der Waals surface area contributed by atoms with E-state index in [1.807, 2.05) is 50.2 Å². The van der Waals surface area contributed by atoms with Gasteiger partial charge in [-0.05, 0) is 44.2 Å². The molecule has 0 radical (unpaired) electrons. The van der Waals surface area contributed by atoms with Gasteiger partial charge < -0.3 is 14.4 Å². The van der Waals surface area contributed by atoms with Crippen molar-refractivity contribution in [2.45, 2.75) is 20.0 Å². The lowest BCUT2D eigenvalue weighted by molar-refractivity contribution is 0.232. The number of aromatic hydroxyl groups is 1. The molecule has 6 rings (SSSR count). The minimum absolute atomic E-state index is 0.0588. The molecule has 0 bridgehead atoms. The van der Waals surface area contributed by atoms with E-state index < -0.39 is 0 Å². The number of benzene rings is 4. The van der Waals surface area contributed by atoms with Gasteiger partial charge in [-0.15, -0.1) is 0 Å². The van der Waals surface area contributed by atoms with Crippen LogP contribution in [0, 0.1) is 0 Å². The molecule has 0 fully saturated rings. The van der Waals surface area contributed by atoms with Gasteiger partial charge in [0, 0.05) is 28.1 Å². The first-order chi connectivity index (χ1) is 17.6. The lowest BCUT2D eigenvalue weighted by Gasteiger charge is -2.14. The third kappa shape index (κ3) is 3.75. The second-order valence-electron chi connectivity index (χ2n) is 8.99. The van der Waals surface area contributed by atoms with Crippen molar-refractivity contribution in [1.82, 2.24) is 14.5 Å². The summed E-state index contributed by atoms with van der Waals surface area (Å²) in [5.74, 6) is 1.01. The zero-order chi connectivity index (χ0) is 24.6. The van der Waals surface area contributed by atoms with E-state index in [4.69, 9.17) is 9.72 Å². The third-order valence-corrected chi connectivity index (χ3v) is 6.19. The molecule has 5 nitrogen and oxygen atoms in total. The summed E-state index contributed by atoms with van der Waals surface area (Å²) in [6.07, 6.45) is -0.0588. The maximum absolute atomic E-state index is 10.5. The number of nitrogens with zero attached hydrogens (tertiary/aromatic N) is 3. The summed E-state index contributed by atoms with van der Waals surface area (Å²) in [5, 5.41) is 12.8. The highest BCUT2D eigenvalue weighted by molar-refractivity contribution is 6.13. The summed E-state index contributed by atoms with van der Waals surface area (Å²) < 4.78 is 8.31. The van der Waals surface area contributed by atoms with E-state index in [1.165, 1.54) is 5.39 Å². The number of para-hydroxylation sites is 4. The van der Waals surface area contributed by atoms with Gasteiger partial charge in [0.05, 0.1) is 28.4 Å². The second kappa shape index (κ2) is 8.86. The summed E-state index contributed by atoms with van der Waals surface area (Å²) in [5.41, 5.74) is 5.50. The fourth-order valence-corrected chi connectivity index (χ4v) is 4.72. The molecule has 0 aliphatic heterocycles. The van der Waals surface area contributed by atoms with Crippen LogP contribution in [0.3, 0.4) is 0 Å². The van der Waals surface area contributed by atoms with Crippen molar-refractivity contribution >= 4 is 21.8 Å². The van der Waals surface area contributed by atoms with Crippen LogP contribution >= 0.6 is 0 Å². The van der Waals surface area contributed by atoms with E-state index in [1.54, 1.807) is 12.1 Å². The molecule has 1 N–H and O–H groups in total. The van der Waals surface area contributed by atoms with Crippen LogP contribution in [0.2, 0.25) is 0 Å². The minimum Gasteiger partial charge on any atom is -0.507 e. The van der Waals surface area contributed by atoms with Crippen molar-refractivity contribution in [3.63, 3.8) is 0 Å². The van der Waals surface area contributed by atoms with Gasteiger partial charge in [-0.25, -0.2) is 4.98 Å². The minimum atomic E-state index is -0.0588. The van der Waals surface area contributed by atoms with Gasteiger partial charge in [-0.3, -0.25) is 0 Å². The number of phenolic OH excluding ortho intramolecular Hbond substituents is 1. The van der Waals surface area contributed by atoms with Crippen LogP contribution in [0.4, 0.5) is 0 Å². The van der Waals surface area contributed by atoms with Gasteiger partial charge in [-0.2, -0.15) is 4.98 Å². The van der Waals surface area contributed by atoms with Crippen LogP contribution in [0.5, 0.6) is 11.6 Å². The van der Waals surface area contributed by atoms with Crippen LogP contribution in [-0.2, 0) is 0 Å². The first-order valence-electron chi connectivity index (χ1n) is 12.0. The standard InChI is InChI=1S/C31H25N3O2/c1-20(2)36-29-19-26(32-31(33-29)25-14-7-9-18-28(25)35)24-16-10-15-23-22-13-6-8-17-27(22)34(30(23)24)21-11-4-3-5-12-21/h3-20,35H,1-2H3. The number of fused-ring (bicyclic) bond motifs is 3. The highest BCUT2D eigenvalue weighted by Crippen LogP contribution is 2.39. The Hall–Kier alpha value is -4.64. The van der Waals surface area contributed by atoms with Crippen LogP contribution in [0.15, 0.2) is 103 Å². The molecule has 0 saturated carbocycles. The maximum atomic E-state index is 10.5. The molecular weight excluding hydrogens is 446 g/mol. The Morgan fingerprint density at radius 1 is 0.722 bits per heavy atom. The van der Waals surface area contributed by atoms with E-state index in [2.05, 4.69) is 64.1 Å². The average molecular weight is 472 g/mol. The Morgan fingerprint density at radius 2 is 1.42 bits per heavy atom. The van der Waals surface area contributed by atoms with Crippen molar-refractivity contribution in [3.8, 4) is 40.0 Å². The first kappa shape index (κ1) is 21.9. The molecule has 0 aliphatic rings. The van der Waals surface area contributed by atoms with E-state index in [-0.39, 0.29) is 11.9 Å². The number of phenols is 1. The van der Waals surface area contributed by atoms with Crippen molar-refractivity contribution in [2.24, 2.45) is 0 Å². The largest absolute Gasteiger partial charge is 0.507 e. The molecule has 36 heavy (non-hydrogen) atoms. The SMILES string of the molecule is CC(C)Oc1cc(-c2cccc3c4ccccc4n(-c4ccccc4)c23)nc(-c2ccccc2O)n1. The summed E-state index contributed by atoms with van der Waals surface area (Å²) in [7, 11) is 0. The topological polar surface area (TPSA) is 60.2 Å². The summed E-state index contributed by atoms with van der Waals surface area (Å²) in [6.45, 7) is 3.94. The Morgan fingerprint density at radius 3 is 2.22 bits per heavy atom. The maximum Gasteiger partial charge on any atom is 0.217 e. The molecule has 0 aliphatic carbocycles. The molecule has 6 aromatic rings. The fraction of sp³-hybridized carbons (Fsp3) is 0.0968. The van der Waals surface area contributed by atoms with Crippen molar-refractivity contribution in [2.75, 3.05) is 0 Å². The van der Waals surface area contributed by atoms with Gasteiger partial charge in [-0.1, -0.05) is 66.7 Å². The molecule has 0 amide bonds. The summed E-state index contributed by atoms with van der Waals surface area (Å²) in [4.78, 5) is 9.57. The van der Waals surface area contributed by atoms with Crippen LogP contribution in [-0.4, -0.2) is 25.7 Å². The Bertz CT molecular complexity index is 1700. The van der Waals surface area contributed by atoms with Crippen LogP contribution < -0.4 is 4.74 Å². The van der Waals surface area contributed by atoms with Crippen molar-refractivity contribution in [1.29, 1.82) is 0 Å². The lowest BCUT2D eigenvalue weighted by Crippen LogP contribution is -2.08. The zero-order valence-electron chi connectivity index (χ0n) is 20.1. The summed E-state index contributed by atoms with van der Waals surface area (Å²) >= 11 is 0. The molecular formula is C31H25N3O2. The number of rotatable bonds is 5. The van der Waals surface area contributed by atoms with E-state index in [9.17, 15) is 5.11 Å². The molecule has 176 valence electrons. The molecule has 2 aromatic heterocycles. The van der Waals surface area contributed by atoms with Crippen LogP contribution in [0.1, 0.15) is 13.8 Å². The van der Waals surface area contributed by atoms with Gasteiger partial charge in [0.1, 0.15) is 5.75 Å². The average Bonchev–Trinajstić information content (AvgIpc) is 3.23. The Balaban J connectivity index is 1.69. The predicted octanol–water partition coefficient (Wildman–Crippen LogP) is 7.40. The molecule has 0 unspecified atom stereocenters. The van der Waals surface area contributed by atoms with Gasteiger partial charge >= 0.3 is 0 Å². The Labute approximate surface area is 209 Å². The monoisotopic (exact) mass is 471 g/mol. The number of ether oxygens (including phenoxy) is 1. The highest BCUT2D eigenvalue weighted by Gasteiger charge is 2.19. The van der Waals surface area contributed by atoms with E-state index in [0.29, 0.717) is 17.3 Å². The molecule has 5 heteroatoms. The Kier molecular flexibility index (Phi) is 5.38. The van der Waals surface area contributed by atoms with Gasteiger partial charge in [0.25, 0.3) is 0 Å². The zero-order valence-corrected chi connectivity index (χ0v) is 20.1. The lowest BCUT2D eigenvalue weighted by atomic mass is 10.1. The highest BCUT2D eigenvalue weighted by atomic mass is 16.5. The van der Waals surface area contributed by atoms with E-state index in [0.717, 1.165) is 33.4 Å². The van der Waals surface area contributed by atoms with Gasteiger partial charge in [0.2, 0.25) is 5.88 Å². The second-order valence-corrected chi connectivity index (χ2v) is 8.99.